The molecule has 1 saturated heterocycles. The maximum Gasteiger partial charge on any atom is 0.266 e. The maximum atomic E-state index is 16.5. The molecule has 4 heterocycles. The molecule has 11 heteroatoms. The summed E-state index contributed by atoms with van der Waals surface area (Å²) < 4.78 is 59.7. The second-order valence-corrected chi connectivity index (χ2v) is 9.64. The summed E-state index contributed by atoms with van der Waals surface area (Å²) >= 11 is 0. The quantitative estimate of drug-likeness (QED) is 0.512. The molecule has 1 fully saturated rings. The summed E-state index contributed by atoms with van der Waals surface area (Å²) in [5.41, 5.74) is -1.15. The number of likely N-dealkylation sites (tertiary alicyclic amines) is 1. The number of fused-ring (bicyclic) bond motifs is 3. The Morgan fingerprint density at radius 3 is 2.54 bits per heavy atom. The number of hydrogen-bond acceptors (Lipinski definition) is 5. The highest BCUT2D eigenvalue weighted by molar-refractivity contribution is 5.73. The zero-order valence-electron chi connectivity index (χ0n) is 20.9. The van der Waals surface area contributed by atoms with Crippen molar-refractivity contribution in [3.63, 3.8) is 0 Å². The third-order valence-electron chi connectivity index (χ3n) is 7.26. The first-order valence-corrected chi connectivity index (χ1v) is 12.3. The van der Waals surface area contributed by atoms with Gasteiger partial charge in [-0.2, -0.15) is 0 Å². The normalized spacial score (nSPS) is 18.3. The number of halogens is 4. The third-order valence-corrected chi connectivity index (χ3v) is 7.26. The Balaban J connectivity index is 1.65. The fourth-order valence-electron chi connectivity index (χ4n) is 5.24. The smallest absolute Gasteiger partial charge is 0.266 e. The molecule has 0 radical (unpaired) electrons. The number of anilines is 1. The molecule has 1 N–H and O–H groups in total. The highest BCUT2D eigenvalue weighted by Gasteiger charge is 2.41. The Kier molecular flexibility index (Phi) is 6.41. The van der Waals surface area contributed by atoms with E-state index in [4.69, 9.17) is 0 Å². The topological polar surface area (TPSA) is 75.4 Å². The Morgan fingerprint density at radius 1 is 1.16 bits per heavy atom. The van der Waals surface area contributed by atoms with Gasteiger partial charge in [0.15, 0.2) is 5.49 Å². The van der Waals surface area contributed by atoms with Crippen molar-refractivity contribution in [2.45, 2.75) is 58.3 Å². The minimum Gasteiger partial charge on any atom is -0.369 e. The van der Waals surface area contributed by atoms with Gasteiger partial charge in [0, 0.05) is 57.1 Å². The average Bonchev–Trinajstić information content (AvgIpc) is 3.34. The van der Waals surface area contributed by atoms with Crippen LogP contribution in [0.5, 0.6) is 0 Å². The minimum atomic E-state index is -2.95. The Labute approximate surface area is 211 Å². The van der Waals surface area contributed by atoms with Crippen molar-refractivity contribution >= 4 is 11.7 Å². The predicted octanol–water partition coefficient (Wildman–Crippen LogP) is 4.66. The fraction of sp³-hybridized carbons (Fsp3) is 0.462. The summed E-state index contributed by atoms with van der Waals surface area (Å²) in [6.45, 7) is 6.56. The molecule has 4 aliphatic rings. The van der Waals surface area contributed by atoms with Gasteiger partial charge in [-0.05, 0) is 19.9 Å². The molecule has 37 heavy (non-hydrogen) atoms. The van der Waals surface area contributed by atoms with Crippen LogP contribution < -0.4 is 10.8 Å². The fourth-order valence-corrected chi connectivity index (χ4v) is 5.24. The monoisotopic (exact) mass is 516 g/mol. The highest BCUT2D eigenvalue weighted by Crippen LogP contribution is 2.44. The van der Waals surface area contributed by atoms with Crippen LogP contribution in [0.1, 0.15) is 61.7 Å². The lowest BCUT2D eigenvalue weighted by Crippen LogP contribution is -2.42. The van der Waals surface area contributed by atoms with E-state index in [2.05, 4.69) is 20.3 Å². The number of carbonyl (C=O) groups is 1. The molecule has 1 amide bonds. The lowest BCUT2D eigenvalue weighted by atomic mass is 9.85. The summed E-state index contributed by atoms with van der Waals surface area (Å²) in [5, 5.41) is 3.28. The van der Waals surface area contributed by atoms with Crippen LogP contribution in [-0.4, -0.2) is 45.0 Å². The van der Waals surface area contributed by atoms with E-state index in [9.17, 15) is 18.0 Å². The lowest BCUT2D eigenvalue weighted by molar-refractivity contribution is -0.131. The Hall–Kier alpha value is -3.50. The number of nitrogens with zero attached hydrogens (tertiary/aromatic N) is 5. The molecule has 0 spiro atoms. The van der Waals surface area contributed by atoms with Gasteiger partial charge in [0.1, 0.15) is 29.0 Å². The van der Waals surface area contributed by atoms with E-state index in [0.717, 1.165) is 6.07 Å². The molecular weight excluding hydrogens is 488 g/mol. The van der Waals surface area contributed by atoms with Crippen LogP contribution in [0.2, 0.25) is 0 Å². The zero-order valence-corrected chi connectivity index (χ0v) is 20.9. The molecule has 1 aromatic carbocycles. The van der Waals surface area contributed by atoms with Crippen LogP contribution in [0.4, 0.5) is 23.4 Å². The van der Waals surface area contributed by atoms with Crippen LogP contribution in [0.3, 0.4) is 0 Å². The van der Waals surface area contributed by atoms with Crippen LogP contribution in [0.15, 0.2) is 29.3 Å². The van der Waals surface area contributed by atoms with Gasteiger partial charge < -0.3 is 14.8 Å². The number of aryl methyl sites for hydroxylation is 1. The molecule has 1 atom stereocenters. The van der Waals surface area contributed by atoms with Gasteiger partial charge in [0.2, 0.25) is 5.91 Å². The summed E-state index contributed by atoms with van der Waals surface area (Å²) in [4.78, 5) is 27.1. The van der Waals surface area contributed by atoms with Gasteiger partial charge >= 0.3 is 0 Å². The number of amides is 1. The molecule has 7 nitrogen and oxygen atoms in total. The van der Waals surface area contributed by atoms with Crippen molar-refractivity contribution in [3.8, 4) is 11.4 Å². The standard InChI is InChI=1S/C26H28F4N6O/c1-14(17-5-4-6-18(21(17)27)22(28)29)32-23-19-13-20(26(30)7-10-35(11-8-26)16(3)37)25-31-9-12-36(25)24(19)34-15(2)33-23/h4-6,13-14,22,31H,7-12H2,1-3H3/t14-/m1/s1. The maximum absolute atomic E-state index is 16.5. The predicted molar refractivity (Wildman–Crippen MR) is 129 cm³/mol. The highest BCUT2D eigenvalue weighted by atomic mass is 19.3. The number of nitrogens with one attached hydrogen (secondary N) is 1. The van der Waals surface area contributed by atoms with Crippen LogP contribution >= 0.6 is 0 Å². The summed E-state index contributed by atoms with van der Waals surface area (Å²) in [7, 11) is 0. The first-order valence-electron chi connectivity index (χ1n) is 12.3. The van der Waals surface area contributed by atoms with Gasteiger partial charge in [-0.25, -0.2) is 27.5 Å². The van der Waals surface area contributed by atoms with Gasteiger partial charge in [-0.1, -0.05) is 18.2 Å². The molecule has 0 saturated carbocycles. The van der Waals surface area contributed by atoms with Crippen molar-refractivity contribution < 1.29 is 22.4 Å². The Morgan fingerprint density at radius 2 is 1.86 bits per heavy atom. The van der Waals surface area contributed by atoms with Crippen LogP contribution in [0, 0.1) is 12.7 Å². The number of hydrogen-bond donors (Lipinski definition) is 1. The summed E-state index contributed by atoms with van der Waals surface area (Å²) in [5.74, 6) is 0.552. The van der Waals surface area contributed by atoms with E-state index in [-0.39, 0.29) is 29.8 Å². The van der Waals surface area contributed by atoms with E-state index in [1.807, 2.05) is 4.57 Å². The first kappa shape index (κ1) is 25.2. The first-order chi connectivity index (χ1) is 17.6. The number of piperidine rings is 1. The van der Waals surface area contributed by atoms with E-state index in [1.165, 1.54) is 19.1 Å². The van der Waals surface area contributed by atoms with Crippen molar-refractivity contribution in [3.05, 3.63) is 58.1 Å². The minimum absolute atomic E-state index is 0.0245. The molecule has 1 aromatic rings. The van der Waals surface area contributed by atoms with Crippen LogP contribution in [-0.2, 0) is 17.0 Å². The number of carbonyl (C=O) groups excluding carboxylic acids is 1. The average molecular weight is 517 g/mol. The van der Waals surface area contributed by atoms with Gasteiger partial charge in [0.25, 0.3) is 6.43 Å². The number of benzene rings is 1. The second kappa shape index (κ2) is 9.42. The van der Waals surface area contributed by atoms with Crippen molar-refractivity contribution in [1.29, 1.82) is 0 Å². The number of aromatic nitrogens is 3. The lowest BCUT2D eigenvalue weighted by Gasteiger charge is -2.37. The number of alkyl halides is 3. The van der Waals surface area contributed by atoms with Gasteiger partial charge in [-0.3, -0.25) is 9.79 Å². The van der Waals surface area contributed by atoms with Crippen molar-refractivity contribution in [1.82, 2.24) is 19.4 Å². The van der Waals surface area contributed by atoms with E-state index in [0.29, 0.717) is 54.8 Å². The van der Waals surface area contributed by atoms with E-state index >= 15 is 4.39 Å². The molecular formula is C26H28F4N6O. The Bertz CT molecular complexity index is 1400. The number of rotatable bonds is 4. The molecule has 0 aromatic heterocycles. The van der Waals surface area contributed by atoms with Gasteiger partial charge in [-0.15, -0.1) is 0 Å². The SMILES string of the molecule is CC(=O)N1CCC(F)(c2cc3c(=N[C@H](C)c4cccc(C(F)F)c4F)nc(C)nc-3n3c2NCC3)CC1. The molecule has 5 rings (SSSR count). The summed E-state index contributed by atoms with van der Waals surface area (Å²) in [6.07, 6.45) is -2.65. The van der Waals surface area contributed by atoms with Gasteiger partial charge in [0.05, 0.1) is 17.2 Å². The number of pyridine rings is 1. The third kappa shape index (κ3) is 4.44. The van der Waals surface area contributed by atoms with Crippen molar-refractivity contribution in [2.75, 3.05) is 25.0 Å². The van der Waals surface area contributed by atoms with E-state index < -0.39 is 29.5 Å². The largest absolute Gasteiger partial charge is 0.369 e. The molecule has 4 aliphatic heterocycles. The van der Waals surface area contributed by atoms with Crippen LogP contribution in [0.25, 0.3) is 11.4 Å². The van der Waals surface area contributed by atoms with E-state index in [1.54, 1.807) is 24.8 Å². The van der Waals surface area contributed by atoms with Crippen molar-refractivity contribution in [2.24, 2.45) is 4.99 Å². The summed E-state index contributed by atoms with van der Waals surface area (Å²) in [6, 6.07) is 4.72. The molecule has 0 aliphatic carbocycles. The molecule has 0 unspecified atom stereocenters. The second-order valence-electron chi connectivity index (χ2n) is 9.64. The zero-order chi connectivity index (χ0) is 26.5. The molecule has 0 bridgehead atoms. The molecule has 196 valence electrons.